The molecule has 7 heteroatoms. The van der Waals surface area contributed by atoms with Gasteiger partial charge in [-0.1, -0.05) is 0 Å². The number of fused-ring (bicyclic) bond motifs is 1. The van der Waals surface area contributed by atoms with Gasteiger partial charge in [-0.15, -0.1) is 11.3 Å². The first kappa shape index (κ1) is 13.1. The molecule has 1 N–H and O–H groups in total. The average Bonchev–Trinajstić information content (AvgIpc) is 3.03. The van der Waals surface area contributed by atoms with E-state index in [1.54, 1.807) is 16.3 Å². The molecule has 0 aromatic carbocycles. The molecule has 106 valence electrons. The highest BCUT2D eigenvalue weighted by Crippen LogP contribution is 2.12. The summed E-state index contributed by atoms with van der Waals surface area (Å²) in [7, 11) is 0. The highest BCUT2D eigenvalue weighted by atomic mass is 32.1. The number of carbonyl (C=O) groups excluding carboxylic acids is 1. The molecule has 20 heavy (non-hydrogen) atoms. The minimum atomic E-state index is -0.381. The normalized spacial score (nSPS) is 15.4. The van der Waals surface area contributed by atoms with E-state index < -0.39 is 0 Å². The molecular weight excluding hydrogens is 278 g/mol. The Balaban J connectivity index is 1.76. The third-order valence-corrected chi connectivity index (χ3v) is 4.47. The molecule has 2 aromatic heterocycles. The van der Waals surface area contributed by atoms with Crippen LogP contribution in [0.2, 0.25) is 0 Å². The Hall–Kier alpha value is -1.89. The second kappa shape index (κ2) is 5.24. The summed E-state index contributed by atoms with van der Waals surface area (Å²) in [6, 6.07) is 1.73. The molecule has 0 unspecified atom stereocenters. The summed E-state index contributed by atoms with van der Waals surface area (Å²) >= 11 is 1.33. The standard InChI is InChI=1S/C13H15N3O3S/c17-10-3-1-5-15(10)6-2-7-16-12(18)11-9(4-8-20-11)14-13(16)19/h4,8H,1-3,5-7H2,(H,14,19). The molecule has 0 spiro atoms. The minimum Gasteiger partial charge on any atom is -0.343 e. The van der Waals surface area contributed by atoms with Crippen molar-refractivity contribution in [1.82, 2.24) is 14.5 Å². The van der Waals surface area contributed by atoms with E-state index in [4.69, 9.17) is 0 Å². The summed E-state index contributed by atoms with van der Waals surface area (Å²) in [5.74, 6) is 0.167. The van der Waals surface area contributed by atoms with Crippen LogP contribution in [0.5, 0.6) is 0 Å². The van der Waals surface area contributed by atoms with Crippen molar-refractivity contribution in [2.45, 2.75) is 25.8 Å². The number of nitrogens with zero attached hydrogens (tertiary/aromatic N) is 2. The van der Waals surface area contributed by atoms with Gasteiger partial charge in [0.25, 0.3) is 5.56 Å². The van der Waals surface area contributed by atoms with E-state index in [1.807, 2.05) is 0 Å². The first-order valence-corrected chi connectivity index (χ1v) is 7.53. The monoisotopic (exact) mass is 293 g/mol. The van der Waals surface area contributed by atoms with Crippen LogP contribution in [0.15, 0.2) is 21.0 Å². The average molecular weight is 293 g/mol. The number of hydrogen-bond donors (Lipinski definition) is 1. The van der Waals surface area contributed by atoms with Crippen molar-refractivity contribution in [2.75, 3.05) is 13.1 Å². The lowest BCUT2D eigenvalue weighted by Crippen LogP contribution is -2.36. The number of H-pyrrole nitrogens is 1. The number of likely N-dealkylation sites (tertiary alicyclic amines) is 1. The first-order chi connectivity index (χ1) is 9.66. The second-order valence-corrected chi connectivity index (χ2v) is 5.80. The van der Waals surface area contributed by atoms with Crippen LogP contribution in [0.3, 0.4) is 0 Å². The predicted octanol–water partition coefficient (Wildman–Crippen LogP) is 0.764. The lowest BCUT2D eigenvalue weighted by molar-refractivity contribution is -0.127. The van der Waals surface area contributed by atoms with Gasteiger partial charge < -0.3 is 9.88 Å². The number of rotatable bonds is 4. The number of carbonyl (C=O) groups is 1. The fraction of sp³-hybridized carbons (Fsp3) is 0.462. The maximum atomic E-state index is 12.2. The van der Waals surface area contributed by atoms with Crippen molar-refractivity contribution < 1.29 is 4.79 Å². The van der Waals surface area contributed by atoms with Gasteiger partial charge in [-0.25, -0.2) is 4.79 Å². The zero-order valence-electron chi connectivity index (χ0n) is 10.9. The molecule has 3 rings (SSSR count). The van der Waals surface area contributed by atoms with Crippen molar-refractivity contribution in [2.24, 2.45) is 0 Å². The largest absolute Gasteiger partial charge is 0.343 e. The maximum absolute atomic E-state index is 12.2. The Morgan fingerprint density at radius 3 is 2.85 bits per heavy atom. The SMILES string of the molecule is O=C1CCCN1CCCn1c(=O)[nH]c2ccsc2c1=O. The minimum absolute atomic E-state index is 0.167. The highest BCUT2D eigenvalue weighted by molar-refractivity contribution is 7.17. The summed E-state index contributed by atoms with van der Waals surface area (Å²) in [6.45, 7) is 1.73. The van der Waals surface area contributed by atoms with Crippen molar-refractivity contribution in [3.63, 3.8) is 0 Å². The Labute approximate surface area is 118 Å². The van der Waals surface area contributed by atoms with Gasteiger partial charge in [0, 0.05) is 26.1 Å². The van der Waals surface area contributed by atoms with E-state index in [2.05, 4.69) is 4.98 Å². The Morgan fingerprint density at radius 2 is 2.10 bits per heavy atom. The van der Waals surface area contributed by atoms with Gasteiger partial charge in [-0.3, -0.25) is 14.2 Å². The van der Waals surface area contributed by atoms with Gasteiger partial charge in [-0.05, 0) is 24.3 Å². The zero-order chi connectivity index (χ0) is 14.1. The molecule has 1 aliphatic rings. The summed E-state index contributed by atoms with van der Waals surface area (Å²) in [5, 5.41) is 1.79. The molecule has 1 saturated heterocycles. The van der Waals surface area contributed by atoms with Crippen molar-refractivity contribution >= 4 is 27.5 Å². The number of amides is 1. The number of thiophene rings is 1. The van der Waals surface area contributed by atoms with Crippen LogP contribution >= 0.6 is 11.3 Å². The topological polar surface area (TPSA) is 75.2 Å². The predicted molar refractivity (Wildman–Crippen MR) is 77.1 cm³/mol. The van der Waals surface area contributed by atoms with Crippen molar-refractivity contribution in [3.05, 3.63) is 32.3 Å². The van der Waals surface area contributed by atoms with Crippen LogP contribution in [0.4, 0.5) is 0 Å². The van der Waals surface area contributed by atoms with Crippen molar-refractivity contribution in [1.29, 1.82) is 0 Å². The van der Waals surface area contributed by atoms with Crippen LogP contribution in [0, 0.1) is 0 Å². The smallest absolute Gasteiger partial charge is 0.328 e. The van der Waals surface area contributed by atoms with Gasteiger partial charge in [0.1, 0.15) is 4.70 Å². The Bertz CT molecular complexity index is 758. The molecule has 1 fully saturated rings. The molecule has 0 radical (unpaired) electrons. The quantitative estimate of drug-likeness (QED) is 0.904. The summed E-state index contributed by atoms with van der Waals surface area (Å²) in [6.07, 6.45) is 2.13. The second-order valence-electron chi connectivity index (χ2n) is 4.89. The van der Waals surface area contributed by atoms with E-state index in [1.165, 1.54) is 15.9 Å². The molecule has 2 aromatic rings. The molecule has 0 saturated carbocycles. The van der Waals surface area contributed by atoms with E-state index >= 15 is 0 Å². The van der Waals surface area contributed by atoms with Gasteiger partial charge in [-0.2, -0.15) is 0 Å². The van der Waals surface area contributed by atoms with E-state index in [9.17, 15) is 14.4 Å². The molecule has 3 heterocycles. The van der Waals surface area contributed by atoms with Gasteiger partial charge in [0.2, 0.25) is 5.91 Å². The number of nitrogens with one attached hydrogen (secondary N) is 1. The van der Waals surface area contributed by atoms with Gasteiger partial charge in [0.15, 0.2) is 0 Å². The summed E-state index contributed by atoms with van der Waals surface area (Å²) in [4.78, 5) is 40.0. The highest BCUT2D eigenvalue weighted by Gasteiger charge is 2.19. The zero-order valence-corrected chi connectivity index (χ0v) is 11.7. The van der Waals surface area contributed by atoms with Crippen LogP contribution in [-0.2, 0) is 11.3 Å². The summed E-state index contributed by atoms with van der Waals surface area (Å²) in [5.41, 5.74) is -0.0314. The maximum Gasteiger partial charge on any atom is 0.328 e. The molecule has 0 aliphatic carbocycles. The Morgan fingerprint density at radius 1 is 1.25 bits per heavy atom. The van der Waals surface area contributed by atoms with Crippen LogP contribution in [0.25, 0.3) is 10.2 Å². The van der Waals surface area contributed by atoms with Crippen LogP contribution in [0.1, 0.15) is 19.3 Å². The van der Waals surface area contributed by atoms with Gasteiger partial charge >= 0.3 is 5.69 Å². The third-order valence-electron chi connectivity index (χ3n) is 3.57. The Kier molecular flexibility index (Phi) is 3.43. The van der Waals surface area contributed by atoms with E-state index in [-0.39, 0.29) is 17.2 Å². The molecular formula is C13H15N3O3S. The van der Waals surface area contributed by atoms with Crippen LogP contribution < -0.4 is 11.2 Å². The van der Waals surface area contributed by atoms with Crippen LogP contribution in [-0.4, -0.2) is 33.4 Å². The summed E-state index contributed by atoms with van der Waals surface area (Å²) < 4.78 is 1.79. The lowest BCUT2D eigenvalue weighted by Gasteiger charge is -2.15. The molecule has 1 amide bonds. The van der Waals surface area contributed by atoms with Gasteiger partial charge in [0.05, 0.1) is 5.52 Å². The number of aromatic amines is 1. The number of aromatic nitrogens is 2. The van der Waals surface area contributed by atoms with E-state index in [0.717, 1.165) is 13.0 Å². The molecule has 0 atom stereocenters. The molecule has 6 nitrogen and oxygen atoms in total. The molecule has 1 aliphatic heterocycles. The molecule has 0 bridgehead atoms. The number of hydrogen-bond acceptors (Lipinski definition) is 4. The lowest BCUT2D eigenvalue weighted by atomic mass is 10.3. The van der Waals surface area contributed by atoms with Crippen molar-refractivity contribution in [3.8, 4) is 0 Å². The fourth-order valence-electron chi connectivity index (χ4n) is 2.53. The first-order valence-electron chi connectivity index (χ1n) is 6.65. The fourth-order valence-corrected chi connectivity index (χ4v) is 3.33. The third kappa shape index (κ3) is 2.29. The van der Waals surface area contributed by atoms with E-state index in [0.29, 0.717) is 36.1 Å².